The van der Waals surface area contributed by atoms with Gasteiger partial charge in [-0.3, -0.25) is 4.79 Å². The van der Waals surface area contributed by atoms with Gasteiger partial charge in [0.2, 0.25) is 0 Å². The Bertz CT molecular complexity index is 1190. The van der Waals surface area contributed by atoms with Crippen LogP contribution in [0.1, 0.15) is 55.6 Å². The van der Waals surface area contributed by atoms with Gasteiger partial charge in [-0.2, -0.15) is 5.10 Å². The fraction of sp³-hybridized carbons (Fsp3) is 0.458. The number of aromatic nitrogens is 3. The number of anilines is 1. The molecule has 0 bridgehead atoms. The average molecular weight is 455 g/mol. The highest BCUT2D eigenvalue weighted by Gasteiger charge is 2.33. The number of ketones is 1. The van der Waals surface area contributed by atoms with E-state index in [2.05, 4.69) is 10.00 Å². The van der Waals surface area contributed by atoms with Crippen LogP contribution in [0.4, 0.5) is 10.2 Å². The molecule has 2 aromatic heterocycles. The maximum Gasteiger partial charge on any atom is 0.168 e. The molecule has 0 N–H and O–H groups in total. The van der Waals surface area contributed by atoms with Crippen molar-refractivity contribution < 1.29 is 23.4 Å². The summed E-state index contributed by atoms with van der Waals surface area (Å²) in [6.45, 7) is 6.73. The van der Waals surface area contributed by atoms with E-state index < -0.39 is 5.79 Å². The Balaban J connectivity index is 1.38. The molecule has 2 saturated heterocycles. The molecule has 174 valence electrons. The zero-order chi connectivity index (χ0) is 23.2. The minimum atomic E-state index is -0.628. The molecule has 5 rings (SSSR count). The molecule has 3 aromatic rings. The molecule has 9 heteroatoms. The van der Waals surface area contributed by atoms with Gasteiger partial charge in [0.15, 0.2) is 17.2 Å². The highest BCUT2D eigenvalue weighted by molar-refractivity contribution is 5.99. The van der Waals surface area contributed by atoms with Gasteiger partial charge in [0.1, 0.15) is 30.1 Å². The molecule has 1 unspecified atom stereocenters. The van der Waals surface area contributed by atoms with Gasteiger partial charge in [0.05, 0.1) is 24.4 Å². The number of benzene rings is 1. The minimum Gasteiger partial charge on any atom is -0.491 e. The number of rotatable bonds is 6. The monoisotopic (exact) mass is 454 g/mol. The third-order valence-electron chi connectivity index (χ3n) is 6.06. The summed E-state index contributed by atoms with van der Waals surface area (Å²) in [7, 11) is 0. The van der Waals surface area contributed by atoms with Crippen LogP contribution in [-0.4, -0.2) is 52.0 Å². The molecular formula is C24H27FN4O4. The fourth-order valence-corrected chi connectivity index (χ4v) is 4.55. The molecule has 0 saturated carbocycles. The van der Waals surface area contributed by atoms with Crippen molar-refractivity contribution in [3.8, 4) is 5.75 Å². The Morgan fingerprint density at radius 1 is 1.33 bits per heavy atom. The third-order valence-corrected chi connectivity index (χ3v) is 6.06. The van der Waals surface area contributed by atoms with Crippen LogP contribution in [0.3, 0.4) is 0 Å². The van der Waals surface area contributed by atoms with E-state index in [1.165, 1.54) is 19.2 Å². The second-order valence-corrected chi connectivity index (χ2v) is 9.00. The first kappa shape index (κ1) is 21.8. The van der Waals surface area contributed by atoms with E-state index in [9.17, 15) is 9.18 Å². The van der Waals surface area contributed by atoms with Gasteiger partial charge in [-0.15, -0.1) is 0 Å². The van der Waals surface area contributed by atoms with Crippen molar-refractivity contribution in [2.75, 3.05) is 24.7 Å². The fourth-order valence-electron chi connectivity index (χ4n) is 4.55. The van der Waals surface area contributed by atoms with Crippen molar-refractivity contribution in [2.24, 2.45) is 0 Å². The number of hydrogen-bond donors (Lipinski definition) is 0. The van der Waals surface area contributed by atoms with Crippen LogP contribution in [0.5, 0.6) is 5.75 Å². The topological polar surface area (TPSA) is 78.2 Å². The van der Waals surface area contributed by atoms with E-state index in [0.717, 1.165) is 30.8 Å². The van der Waals surface area contributed by atoms with Gasteiger partial charge in [-0.1, -0.05) is 0 Å². The number of Topliss-reactive ketones (excluding diaryl/α,β-unsaturated/α-hetero) is 1. The summed E-state index contributed by atoms with van der Waals surface area (Å²) in [6.07, 6.45) is 4.95. The predicted octanol–water partition coefficient (Wildman–Crippen LogP) is 3.94. The van der Waals surface area contributed by atoms with Crippen LogP contribution in [0.2, 0.25) is 0 Å². The van der Waals surface area contributed by atoms with Gasteiger partial charge in [0.25, 0.3) is 0 Å². The van der Waals surface area contributed by atoms with Crippen molar-refractivity contribution in [2.45, 2.75) is 51.5 Å². The van der Waals surface area contributed by atoms with E-state index in [0.29, 0.717) is 23.6 Å². The Hall–Kier alpha value is -3.04. The number of fused-ring (bicyclic) bond motifs is 1. The molecule has 2 aliphatic heterocycles. The van der Waals surface area contributed by atoms with E-state index in [1.54, 1.807) is 16.8 Å². The van der Waals surface area contributed by atoms with Gasteiger partial charge in [0, 0.05) is 18.8 Å². The summed E-state index contributed by atoms with van der Waals surface area (Å²) in [6, 6.07) is 6.64. The quantitative estimate of drug-likeness (QED) is 0.522. The number of carbonyl (C=O) groups excluding carboxylic acids is 1. The molecular weight excluding hydrogens is 427 g/mol. The first-order valence-electron chi connectivity index (χ1n) is 11.2. The summed E-state index contributed by atoms with van der Waals surface area (Å²) >= 11 is 0. The lowest BCUT2D eigenvalue weighted by atomic mass is 10.0. The van der Waals surface area contributed by atoms with Gasteiger partial charge < -0.3 is 19.1 Å². The lowest BCUT2D eigenvalue weighted by Gasteiger charge is -2.26. The predicted molar refractivity (Wildman–Crippen MR) is 119 cm³/mol. The lowest BCUT2D eigenvalue weighted by molar-refractivity contribution is -0.141. The zero-order valence-electron chi connectivity index (χ0n) is 19.0. The molecule has 2 fully saturated rings. The highest BCUT2D eigenvalue weighted by Crippen LogP contribution is 2.37. The van der Waals surface area contributed by atoms with Gasteiger partial charge in [-0.25, -0.2) is 13.9 Å². The Morgan fingerprint density at radius 3 is 2.94 bits per heavy atom. The molecule has 0 radical (unpaired) electrons. The standard InChI is InChI=1S/C24H27FN4O4/c1-15(30)20-12-26-29-8-6-22(27-23(20)29)28-7-4-5-21(28)16-9-17(25)11-18(10-16)31-13-19-14-32-24(2,3)33-19/h6,8-12,19,21H,4-5,7,13-14H2,1-3H3/t19?,21-/m1/s1. The van der Waals surface area contributed by atoms with Crippen LogP contribution in [-0.2, 0) is 9.47 Å². The van der Waals surface area contributed by atoms with Crippen LogP contribution >= 0.6 is 0 Å². The van der Waals surface area contributed by atoms with Crippen molar-refractivity contribution in [1.29, 1.82) is 0 Å². The van der Waals surface area contributed by atoms with Crippen LogP contribution in [0.15, 0.2) is 36.7 Å². The van der Waals surface area contributed by atoms with Gasteiger partial charge >= 0.3 is 0 Å². The molecule has 0 amide bonds. The van der Waals surface area contributed by atoms with Crippen molar-refractivity contribution in [1.82, 2.24) is 14.6 Å². The number of ether oxygens (including phenoxy) is 3. The third kappa shape index (κ3) is 4.43. The summed E-state index contributed by atoms with van der Waals surface area (Å²) in [5.74, 6) is 0.134. The maximum absolute atomic E-state index is 14.5. The van der Waals surface area contributed by atoms with Crippen LogP contribution in [0.25, 0.3) is 5.65 Å². The second kappa shape index (κ2) is 8.39. The molecule has 33 heavy (non-hydrogen) atoms. The molecule has 0 spiro atoms. The molecule has 2 aliphatic rings. The second-order valence-electron chi connectivity index (χ2n) is 9.00. The highest BCUT2D eigenvalue weighted by atomic mass is 19.1. The number of carbonyl (C=O) groups is 1. The van der Waals surface area contributed by atoms with Crippen molar-refractivity contribution in [3.63, 3.8) is 0 Å². The summed E-state index contributed by atoms with van der Waals surface area (Å²) < 4.78 is 33.3. The van der Waals surface area contributed by atoms with E-state index in [4.69, 9.17) is 19.2 Å². The summed E-state index contributed by atoms with van der Waals surface area (Å²) in [5, 5.41) is 4.20. The zero-order valence-corrected chi connectivity index (χ0v) is 19.0. The molecule has 8 nitrogen and oxygen atoms in total. The Morgan fingerprint density at radius 2 is 2.18 bits per heavy atom. The summed E-state index contributed by atoms with van der Waals surface area (Å²) in [5.41, 5.74) is 1.83. The molecule has 2 atom stereocenters. The SMILES string of the molecule is CC(=O)c1cnn2ccc(N3CCC[C@@H]3c3cc(F)cc(OCC4COC(C)(C)O4)c3)nc12. The van der Waals surface area contributed by atoms with Crippen LogP contribution in [0, 0.1) is 5.82 Å². The van der Waals surface area contributed by atoms with Gasteiger partial charge in [-0.05, 0) is 57.4 Å². The molecule has 0 aliphatic carbocycles. The number of nitrogens with zero attached hydrogens (tertiary/aromatic N) is 4. The number of halogens is 1. The van der Waals surface area contributed by atoms with E-state index >= 15 is 0 Å². The maximum atomic E-state index is 14.5. The average Bonchev–Trinajstić information content (AvgIpc) is 3.49. The normalized spacial score (nSPS) is 22.2. The van der Waals surface area contributed by atoms with E-state index in [-0.39, 0.29) is 30.4 Å². The smallest absolute Gasteiger partial charge is 0.168 e. The number of hydrogen-bond acceptors (Lipinski definition) is 7. The first-order chi connectivity index (χ1) is 15.8. The lowest BCUT2D eigenvalue weighted by Crippen LogP contribution is -2.25. The Labute approximate surface area is 191 Å². The Kier molecular flexibility index (Phi) is 5.54. The summed E-state index contributed by atoms with van der Waals surface area (Å²) in [4.78, 5) is 18.8. The van der Waals surface area contributed by atoms with E-state index in [1.807, 2.05) is 26.0 Å². The van der Waals surface area contributed by atoms with Crippen molar-refractivity contribution in [3.05, 3.63) is 53.6 Å². The first-order valence-corrected chi connectivity index (χ1v) is 11.2. The minimum absolute atomic E-state index is 0.0494. The molecule has 4 heterocycles. The van der Waals surface area contributed by atoms with Crippen molar-refractivity contribution >= 4 is 17.2 Å². The van der Waals surface area contributed by atoms with Crippen LogP contribution < -0.4 is 9.64 Å². The largest absolute Gasteiger partial charge is 0.491 e. The molecule has 1 aromatic carbocycles.